The summed E-state index contributed by atoms with van der Waals surface area (Å²) in [6, 6.07) is 6.37. The average Bonchev–Trinajstić information content (AvgIpc) is 2.42. The zero-order valence-electron chi connectivity index (χ0n) is 11.7. The minimum atomic E-state index is 0.141. The van der Waals surface area contributed by atoms with Crippen LogP contribution < -0.4 is 10.2 Å². The largest absolute Gasteiger partial charge is 0.383 e. The van der Waals surface area contributed by atoms with Gasteiger partial charge in [0.15, 0.2) is 0 Å². The number of methoxy groups -OCH3 is 1. The minimum Gasteiger partial charge on any atom is -0.383 e. The molecule has 0 radical (unpaired) electrons. The molecule has 4 nitrogen and oxygen atoms in total. The molecule has 19 heavy (non-hydrogen) atoms. The van der Waals surface area contributed by atoms with E-state index in [1.807, 2.05) is 4.90 Å². The molecule has 0 saturated carbocycles. The number of nitrogens with zero attached hydrogens (tertiary/aromatic N) is 1. The first-order valence-corrected chi connectivity index (χ1v) is 6.82. The molecule has 4 heteroatoms. The van der Waals surface area contributed by atoms with Crippen LogP contribution in [-0.4, -0.2) is 39.3 Å². The molecule has 104 valence electrons. The Morgan fingerprint density at radius 3 is 3.11 bits per heavy atom. The van der Waals surface area contributed by atoms with Gasteiger partial charge < -0.3 is 15.0 Å². The SMILES string of the molecule is COCCNCC(=O)N1CCCc2ccc(C)cc21. The van der Waals surface area contributed by atoms with E-state index in [2.05, 4.69) is 30.4 Å². The Morgan fingerprint density at radius 1 is 1.47 bits per heavy atom. The molecule has 0 bridgehead atoms. The number of carbonyl (C=O) groups is 1. The van der Waals surface area contributed by atoms with E-state index in [1.54, 1.807) is 7.11 Å². The van der Waals surface area contributed by atoms with Crippen molar-refractivity contribution in [2.75, 3.05) is 38.3 Å². The maximum absolute atomic E-state index is 12.3. The van der Waals surface area contributed by atoms with Crippen LogP contribution in [0.15, 0.2) is 18.2 Å². The summed E-state index contributed by atoms with van der Waals surface area (Å²) in [7, 11) is 1.66. The highest BCUT2D eigenvalue weighted by atomic mass is 16.5. The lowest BCUT2D eigenvalue weighted by atomic mass is 10.00. The molecule has 0 saturated heterocycles. The van der Waals surface area contributed by atoms with Crippen LogP contribution in [0.3, 0.4) is 0 Å². The molecule has 1 aromatic carbocycles. The Kier molecular flexibility index (Phi) is 4.93. The number of carbonyl (C=O) groups excluding carboxylic acids is 1. The summed E-state index contributed by atoms with van der Waals surface area (Å²) in [5.41, 5.74) is 3.57. The van der Waals surface area contributed by atoms with Gasteiger partial charge in [-0.2, -0.15) is 0 Å². The quantitative estimate of drug-likeness (QED) is 0.818. The normalized spacial score (nSPS) is 14.3. The second-order valence-corrected chi connectivity index (χ2v) is 4.95. The van der Waals surface area contributed by atoms with E-state index in [0.717, 1.165) is 25.1 Å². The number of hydrogen-bond donors (Lipinski definition) is 1. The van der Waals surface area contributed by atoms with Crippen molar-refractivity contribution in [3.05, 3.63) is 29.3 Å². The van der Waals surface area contributed by atoms with Crippen LogP contribution in [0.4, 0.5) is 5.69 Å². The Bertz CT molecular complexity index is 446. The Balaban J connectivity index is 2.02. The average molecular weight is 262 g/mol. The van der Waals surface area contributed by atoms with Gasteiger partial charge in [-0.05, 0) is 37.0 Å². The second-order valence-electron chi connectivity index (χ2n) is 4.95. The third-order valence-corrected chi connectivity index (χ3v) is 3.42. The maximum Gasteiger partial charge on any atom is 0.240 e. The first-order chi connectivity index (χ1) is 9.22. The molecule has 0 aromatic heterocycles. The minimum absolute atomic E-state index is 0.141. The molecule has 1 heterocycles. The smallest absolute Gasteiger partial charge is 0.240 e. The lowest BCUT2D eigenvalue weighted by molar-refractivity contribution is -0.117. The summed E-state index contributed by atoms with van der Waals surface area (Å²) in [5, 5.41) is 3.11. The number of hydrogen-bond acceptors (Lipinski definition) is 3. The molecule has 0 fully saturated rings. The van der Waals surface area contributed by atoms with Crippen molar-refractivity contribution in [2.24, 2.45) is 0 Å². The molecule has 1 aromatic rings. The van der Waals surface area contributed by atoms with Crippen LogP contribution in [0.1, 0.15) is 17.5 Å². The highest BCUT2D eigenvalue weighted by molar-refractivity contribution is 5.96. The molecule has 0 spiro atoms. The summed E-state index contributed by atoms with van der Waals surface area (Å²) in [6.45, 7) is 4.59. The number of fused-ring (bicyclic) bond motifs is 1. The summed E-state index contributed by atoms with van der Waals surface area (Å²) >= 11 is 0. The molecule has 1 N–H and O–H groups in total. The van der Waals surface area contributed by atoms with Gasteiger partial charge in [-0.1, -0.05) is 12.1 Å². The van der Waals surface area contributed by atoms with Gasteiger partial charge in [0.05, 0.1) is 13.2 Å². The number of ether oxygens (including phenoxy) is 1. The summed E-state index contributed by atoms with van der Waals surface area (Å²) in [5.74, 6) is 0.141. The first-order valence-electron chi connectivity index (χ1n) is 6.82. The predicted molar refractivity (Wildman–Crippen MR) is 76.6 cm³/mol. The Hall–Kier alpha value is -1.39. The summed E-state index contributed by atoms with van der Waals surface area (Å²) < 4.78 is 4.95. The third-order valence-electron chi connectivity index (χ3n) is 3.42. The van der Waals surface area contributed by atoms with Gasteiger partial charge in [-0.15, -0.1) is 0 Å². The monoisotopic (exact) mass is 262 g/mol. The number of anilines is 1. The van der Waals surface area contributed by atoms with Crippen molar-refractivity contribution in [1.82, 2.24) is 5.32 Å². The predicted octanol–water partition coefficient (Wildman–Crippen LogP) is 1.51. The van der Waals surface area contributed by atoms with Crippen LogP contribution >= 0.6 is 0 Å². The van der Waals surface area contributed by atoms with Crippen LogP contribution in [-0.2, 0) is 16.0 Å². The highest BCUT2D eigenvalue weighted by Gasteiger charge is 2.21. The highest BCUT2D eigenvalue weighted by Crippen LogP contribution is 2.27. The van der Waals surface area contributed by atoms with Gasteiger partial charge in [0.25, 0.3) is 0 Å². The lowest BCUT2D eigenvalue weighted by Crippen LogP contribution is -2.41. The maximum atomic E-state index is 12.3. The number of rotatable bonds is 5. The number of benzene rings is 1. The van der Waals surface area contributed by atoms with Crippen molar-refractivity contribution in [3.8, 4) is 0 Å². The zero-order chi connectivity index (χ0) is 13.7. The van der Waals surface area contributed by atoms with Crippen LogP contribution in [0, 0.1) is 6.92 Å². The topological polar surface area (TPSA) is 41.6 Å². The van der Waals surface area contributed by atoms with Crippen LogP contribution in [0.25, 0.3) is 0 Å². The van der Waals surface area contributed by atoms with Gasteiger partial charge in [-0.3, -0.25) is 4.79 Å². The van der Waals surface area contributed by atoms with E-state index >= 15 is 0 Å². The van der Waals surface area contributed by atoms with Crippen molar-refractivity contribution >= 4 is 11.6 Å². The summed E-state index contributed by atoms with van der Waals surface area (Å²) in [6.07, 6.45) is 2.11. The fraction of sp³-hybridized carbons (Fsp3) is 0.533. The Morgan fingerprint density at radius 2 is 2.32 bits per heavy atom. The fourth-order valence-electron chi connectivity index (χ4n) is 2.41. The van der Waals surface area contributed by atoms with Gasteiger partial charge >= 0.3 is 0 Å². The standard InChI is InChI=1S/C15H22N2O2/c1-12-5-6-13-4-3-8-17(14(13)10-12)15(18)11-16-7-9-19-2/h5-6,10,16H,3-4,7-9,11H2,1-2H3. The number of nitrogens with one attached hydrogen (secondary N) is 1. The third kappa shape index (κ3) is 3.55. The molecular formula is C15H22N2O2. The van der Waals surface area contributed by atoms with E-state index in [0.29, 0.717) is 19.7 Å². The molecule has 0 unspecified atom stereocenters. The number of amides is 1. The second kappa shape index (κ2) is 6.68. The Labute approximate surface area is 114 Å². The van der Waals surface area contributed by atoms with Crippen molar-refractivity contribution in [2.45, 2.75) is 19.8 Å². The van der Waals surface area contributed by atoms with E-state index in [4.69, 9.17) is 4.74 Å². The molecule has 1 aliphatic heterocycles. The molecule has 1 aliphatic rings. The van der Waals surface area contributed by atoms with Gasteiger partial charge in [0, 0.05) is 25.9 Å². The van der Waals surface area contributed by atoms with Crippen molar-refractivity contribution in [1.29, 1.82) is 0 Å². The van der Waals surface area contributed by atoms with Crippen molar-refractivity contribution < 1.29 is 9.53 Å². The molecule has 0 atom stereocenters. The molecule has 1 amide bonds. The van der Waals surface area contributed by atoms with Gasteiger partial charge in [-0.25, -0.2) is 0 Å². The van der Waals surface area contributed by atoms with Gasteiger partial charge in [0.1, 0.15) is 0 Å². The lowest BCUT2D eigenvalue weighted by Gasteiger charge is -2.30. The van der Waals surface area contributed by atoms with Crippen LogP contribution in [0.2, 0.25) is 0 Å². The van der Waals surface area contributed by atoms with E-state index in [-0.39, 0.29) is 5.91 Å². The van der Waals surface area contributed by atoms with E-state index in [1.165, 1.54) is 11.1 Å². The van der Waals surface area contributed by atoms with E-state index < -0.39 is 0 Å². The van der Waals surface area contributed by atoms with E-state index in [9.17, 15) is 4.79 Å². The molecule has 2 rings (SSSR count). The van der Waals surface area contributed by atoms with Crippen molar-refractivity contribution in [3.63, 3.8) is 0 Å². The molecular weight excluding hydrogens is 240 g/mol. The number of aryl methyl sites for hydroxylation is 2. The first kappa shape index (κ1) is 14.0. The van der Waals surface area contributed by atoms with Crippen LogP contribution in [0.5, 0.6) is 0 Å². The summed E-state index contributed by atoms with van der Waals surface area (Å²) in [4.78, 5) is 14.2. The zero-order valence-corrected chi connectivity index (χ0v) is 11.7. The fourth-order valence-corrected chi connectivity index (χ4v) is 2.41. The molecule has 0 aliphatic carbocycles. The van der Waals surface area contributed by atoms with Gasteiger partial charge in [0.2, 0.25) is 5.91 Å².